The summed E-state index contributed by atoms with van der Waals surface area (Å²) in [4.78, 5) is 15.0. The van der Waals surface area contributed by atoms with E-state index >= 15 is 0 Å². The zero-order valence-corrected chi connectivity index (χ0v) is 7.83. The summed E-state index contributed by atoms with van der Waals surface area (Å²) in [6.07, 6.45) is 2.97. The van der Waals surface area contributed by atoms with E-state index in [-0.39, 0.29) is 5.78 Å². The highest BCUT2D eigenvalue weighted by Crippen LogP contribution is 2.29. The Balaban J connectivity index is 3.27. The average Bonchev–Trinajstić information content (AvgIpc) is 2.16. The zero-order chi connectivity index (χ0) is 9.84. The summed E-state index contributed by atoms with van der Waals surface area (Å²) in [5.74, 6) is 0.809. The summed E-state index contributed by atoms with van der Waals surface area (Å²) in [6, 6.07) is 0. The fourth-order valence-electron chi connectivity index (χ4n) is 1.04. The van der Waals surface area contributed by atoms with Gasteiger partial charge >= 0.3 is 0 Å². The van der Waals surface area contributed by atoms with Gasteiger partial charge in [0.25, 0.3) is 0 Å². The van der Waals surface area contributed by atoms with Crippen molar-refractivity contribution in [1.82, 2.24) is 4.98 Å². The van der Waals surface area contributed by atoms with Gasteiger partial charge in [-0.05, 0) is 6.92 Å². The third-order valence-corrected chi connectivity index (χ3v) is 1.67. The Hall–Kier alpha value is -1.58. The van der Waals surface area contributed by atoms with Crippen LogP contribution < -0.4 is 9.47 Å². The summed E-state index contributed by atoms with van der Waals surface area (Å²) in [6.45, 7) is 1.46. The Labute approximate surface area is 76.5 Å². The number of methoxy groups -OCH3 is 2. The van der Waals surface area contributed by atoms with Gasteiger partial charge in [0.1, 0.15) is 0 Å². The van der Waals surface area contributed by atoms with E-state index in [2.05, 4.69) is 4.98 Å². The molecule has 0 N–H and O–H groups in total. The van der Waals surface area contributed by atoms with E-state index in [1.807, 2.05) is 0 Å². The van der Waals surface area contributed by atoms with E-state index in [1.54, 1.807) is 0 Å². The number of hydrogen-bond acceptors (Lipinski definition) is 4. The number of aromatic nitrogens is 1. The van der Waals surface area contributed by atoms with Crippen molar-refractivity contribution >= 4 is 5.78 Å². The van der Waals surface area contributed by atoms with Gasteiger partial charge in [0.05, 0.1) is 26.0 Å². The number of rotatable bonds is 3. The smallest absolute Gasteiger partial charge is 0.179 e. The van der Waals surface area contributed by atoms with Crippen molar-refractivity contribution in [3.05, 3.63) is 18.0 Å². The molecule has 4 heteroatoms. The predicted octanol–water partition coefficient (Wildman–Crippen LogP) is 1.30. The molecule has 0 saturated heterocycles. The standard InChI is InChI=1S/C9H11NO3/c1-6(11)7-4-10-5-8(12-2)9(7)13-3/h4-5H,1-3H3. The molecule has 0 aliphatic carbocycles. The van der Waals surface area contributed by atoms with Crippen molar-refractivity contribution in [2.75, 3.05) is 14.2 Å². The molecular weight excluding hydrogens is 170 g/mol. The lowest BCUT2D eigenvalue weighted by Crippen LogP contribution is -2.00. The largest absolute Gasteiger partial charge is 0.492 e. The normalized spacial score (nSPS) is 9.46. The number of carbonyl (C=O) groups is 1. The molecule has 0 spiro atoms. The first-order chi connectivity index (χ1) is 6.20. The summed E-state index contributed by atoms with van der Waals surface area (Å²) >= 11 is 0. The SMILES string of the molecule is COc1cncc(C(C)=O)c1OC. The van der Waals surface area contributed by atoms with Crippen LogP contribution in [0.1, 0.15) is 17.3 Å². The van der Waals surface area contributed by atoms with Crippen LogP contribution >= 0.6 is 0 Å². The third kappa shape index (κ3) is 1.77. The number of pyridine rings is 1. The number of Topliss-reactive ketones (excluding diaryl/α,β-unsaturated/α-hetero) is 1. The van der Waals surface area contributed by atoms with Crippen molar-refractivity contribution in [3.8, 4) is 11.5 Å². The Kier molecular flexibility index (Phi) is 2.84. The molecule has 0 fully saturated rings. The molecule has 0 aromatic carbocycles. The Morgan fingerprint density at radius 3 is 2.46 bits per heavy atom. The van der Waals surface area contributed by atoms with E-state index < -0.39 is 0 Å². The quantitative estimate of drug-likeness (QED) is 0.659. The van der Waals surface area contributed by atoms with Gasteiger partial charge in [-0.25, -0.2) is 0 Å². The molecule has 1 aromatic rings. The summed E-state index contributed by atoms with van der Waals surface area (Å²) < 4.78 is 10.0. The van der Waals surface area contributed by atoms with Crippen LogP contribution in [0.4, 0.5) is 0 Å². The molecule has 70 valence electrons. The average molecular weight is 181 g/mol. The second-order valence-electron chi connectivity index (χ2n) is 2.48. The van der Waals surface area contributed by atoms with Crippen LogP contribution in [0.25, 0.3) is 0 Å². The van der Waals surface area contributed by atoms with Crippen molar-refractivity contribution in [1.29, 1.82) is 0 Å². The number of ketones is 1. The van der Waals surface area contributed by atoms with Crippen molar-refractivity contribution in [2.45, 2.75) is 6.92 Å². The second kappa shape index (κ2) is 3.89. The molecule has 1 rings (SSSR count). The van der Waals surface area contributed by atoms with Crippen LogP contribution in [-0.4, -0.2) is 25.0 Å². The van der Waals surface area contributed by atoms with Crippen molar-refractivity contribution < 1.29 is 14.3 Å². The zero-order valence-electron chi connectivity index (χ0n) is 7.83. The van der Waals surface area contributed by atoms with Crippen molar-refractivity contribution in [3.63, 3.8) is 0 Å². The highest BCUT2D eigenvalue weighted by atomic mass is 16.5. The first-order valence-electron chi connectivity index (χ1n) is 3.77. The summed E-state index contributed by atoms with van der Waals surface area (Å²) in [5.41, 5.74) is 0.432. The molecule has 1 heterocycles. The number of ether oxygens (including phenoxy) is 2. The topological polar surface area (TPSA) is 48.4 Å². The molecule has 1 aromatic heterocycles. The molecule has 0 amide bonds. The van der Waals surface area contributed by atoms with E-state index in [9.17, 15) is 4.79 Å². The summed E-state index contributed by atoms with van der Waals surface area (Å²) in [7, 11) is 2.99. The molecule has 0 aliphatic heterocycles. The Morgan fingerprint density at radius 1 is 1.31 bits per heavy atom. The van der Waals surface area contributed by atoms with Crippen LogP contribution in [0.3, 0.4) is 0 Å². The minimum atomic E-state index is -0.0942. The molecule has 4 nitrogen and oxygen atoms in total. The Bertz CT molecular complexity index is 323. The maximum atomic E-state index is 11.1. The van der Waals surface area contributed by atoms with E-state index in [1.165, 1.54) is 33.5 Å². The van der Waals surface area contributed by atoms with E-state index in [0.29, 0.717) is 17.1 Å². The minimum Gasteiger partial charge on any atom is -0.492 e. The molecule has 0 radical (unpaired) electrons. The van der Waals surface area contributed by atoms with Gasteiger partial charge in [0.2, 0.25) is 0 Å². The van der Waals surface area contributed by atoms with Gasteiger partial charge < -0.3 is 9.47 Å². The Morgan fingerprint density at radius 2 is 2.00 bits per heavy atom. The molecule has 0 aliphatic rings. The summed E-state index contributed by atoms with van der Waals surface area (Å²) in [5, 5.41) is 0. The molecule has 0 saturated carbocycles. The highest BCUT2D eigenvalue weighted by Gasteiger charge is 2.13. The van der Waals surface area contributed by atoms with E-state index in [4.69, 9.17) is 9.47 Å². The number of carbonyl (C=O) groups excluding carboxylic acids is 1. The van der Waals surface area contributed by atoms with Crippen LogP contribution in [0, 0.1) is 0 Å². The number of hydrogen-bond donors (Lipinski definition) is 0. The lowest BCUT2D eigenvalue weighted by atomic mass is 10.2. The maximum absolute atomic E-state index is 11.1. The predicted molar refractivity (Wildman–Crippen MR) is 47.3 cm³/mol. The van der Waals surface area contributed by atoms with Crippen LogP contribution in [-0.2, 0) is 0 Å². The molecule has 0 unspecified atom stereocenters. The maximum Gasteiger partial charge on any atom is 0.179 e. The van der Waals surface area contributed by atoms with Gasteiger partial charge in [-0.3, -0.25) is 9.78 Å². The number of nitrogens with zero attached hydrogens (tertiary/aromatic N) is 1. The van der Waals surface area contributed by atoms with Crippen LogP contribution in [0.15, 0.2) is 12.4 Å². The van der Waals surface area contributed by atoms with Crippen LogP contribution in [0.2, 0.25) is 0 Å². The second-order valence-corrected chi connectivity index (χ2v) is 2.48. The lowest BCUT2D eigenvalue weighted by molar-refractivity contribution is 0.101. The fraction of sp³-hybridized carbons (Fsp3) is 0.333. The monoisotopic (exact) mass is 181 g/mol. The molecule has 0 atom stereocenters. The first-order valence-corrected chi connectivity index (χ1v) is 3.77. The minimum absolute atomic E-state index is 0.0942. The van der Waals surface area contributed by atoms with Gasteiger partial charge in [-0.15, -0.1) is 0 Å². The fourth-order valence-corrected chi connectivity index (χ4v) is 1.04. The first kappa shape index (κ1) is 9.51. The lowest BCUT2D eigenvalue weighted by Gasteiger charge is -2.09. The molecule has 13 heavy (non-hydrogen) atoms. The van der Waals surface area contributed by atoms with Gasteiger partial charge in [-0.2, -0.15) is 0 Å². The van der Waals surface area contributed by atoms with Crippen molar-refractivity contribution in [2.24, 2.45) is 0 Å². The molecule has 0 bridgehead atoms. The van der Waals surface area contributed by atoms with Gasteiger partial charge in [-0.1, -0.05) is 0 Å². The third-order valence-electron chi connectivity index (χ3n) is 1.67. The van der Waals surface area contributed by atoms with Crippen LogP contribution in [0.5, 0.6) is 11.5 Å². The van der Waals surface area contributed by atoms with Gasteiger partial charge in [0.15, 0.2) is 17.3 Å². The van der Waals surface area contributed by atoms with Gasteiger partial charge in [0, 0.05) is 6.20 Å². The van der Waals surface area contributed by atoms with E-state index in [0.717, 1.165) is 0 Å². The highest BCUT2D eigenvalue weighted by molar-refractivity contribution is 5.97. The molecular formula is C9H11NO3.